The lowest BCUT2D eigenvalue weighted by Crippen LogP contribution is -2.41. The summed E-state index contributed by atoms with van der Waals surface area (Å²) in [6.07, 6.45) is 5.74. The molecule has 14 heavy (non-hydrogen) atoms. The standard InChI is InChI=1S/C11H20N2O/c1-8-3-2-4-10(8)12-7-9-5-6-11(14)13-9/h8-10,12H,2-7H2,1H3,(H,13,14). The molecule has 80 valence electrons. The first-order chi connectivity index (χ1) is 6.75. The Kier molecular flexibility index (Phi) is 3.06. The molecular weight excluding hydrogens is 176 g/mol. The quantitative estimate of drug-likeness (QED) is 0.708. The summed E-state index contributed by atoms with van der Waals surface area (Å²) in [4.78, 5) is 11.0. The number of carbonyl (C=O) groups excluding carboxylic acids is 1. The van der Waals surface area contributed by atoms with Crippen molar-refractivity contribution in [3.05, 3.63) is 0 Å². The van der Waals surface area contributed by atoms with Gasteiger partial charge >= 0.3 is 0 Å². The molecule has 3 nitrogen and oxygen atoms in total. The summed E-state index contributed by atoms with van der Waals surface area (Å²) >= 11 is 0. The Hall–Kier alpha value is -0.570. The second kappa shape index (κ2) is 4.30. The molecule has 0 aromatic rings. The molecule has 1 aliphatic heterocycles. The molecule has 1 heterocycles. The number of rotatable bonds is 3. The summed E-state index contributed by atoms with van der Waals surface area (Å²) in [5.41, 5.74) is 0. The van der Waals surface area contributed by atoms with Crippen molar-refractivity contribution in [3.63, 3.8) is 0 Å². The van der Waals surface area contributed by atoms with Gasteiger partial charge in [-0.3, -0.25) is 4.79 Å². The Labute approximate surface area is 85.6 Å². The van der Waals surface area contributed by atoms with Crippen LogP contribution in [-0.2, 0) is 4.79 Å². The maximum Gasteiger partial charge on any atom is 0.220 e. The van der Waals surface area contributed by atoms with Gasteiger partial charge in [0.05, 0.1) is 0 Å². The van der Waals surface area contributed by atoms with Crippen LogP contribution in [0.5, 0.6) is 0 Å². The van der Waals surface area contributed by atoms with E-state index in [0.29, 0.717) is 18.5 Å². The SMILES string of the molecule is CC1CCCC1NCC1CCC(=O)N1. The molecule has 1 saturated carbocycles. The van der Waals surface area contributed by atoms with Crippen molar-refractivity contribution in [3.8, 4) is 0 Å². The first kappa shape index (κ1) is 9.97. The van der Waals surface area contributed by atoms with E-state index < -0.39 is 0 Å². The minimum Gasteiger partial charge on any atom is -0.352 e. The van der Waals surface area contributed by atoms with Crippen molar-refractivity contribution in [2.75, 3.05) is 6.54 Å². The second-order valence-electron chi connectivity index (χ2n) is 4.73. The van der Waals surface area contributed by atoms with Crippen LogP contribution in [0.1, 0.15) is 39.0 Å². The molecule has 2 fully saturated rings. The van der Waals surface area contributed by atoms with Crippen LogP contribution in [0.3, 0.4) is 0 Å². The van der Waals surface area contributed by atoms with Gasteiger partial charge in [-0.2, -0.15) is 0 Å². The molecule has 1 aliphatic carbocycles. The van der Waals surface area contributed by atoms with Gasteiger partial charge in [0, 0.05) is 25.0 Å². The Morgan fingerprint density at radius 2 is 2.29 bits per heavy atom. The average Bonchev–Trinajstić information content (AvgIpc) is 2.72. The number of hydrogen-bond donors (Lipinski definition) is 2. The predicted octanol–water partition coefficient (Wildman–Crippen LogP) is 1.04. The fourth-order valence-electron chi connectivity index (χ4n) is 2.57. The molecule has 2 rings (SSSR count). The molecule has 2 N–H and O–H groups in total. The van der Waals surface area contributed by atoms with Crippen LogP contribution in [0.2, 0.25) is 0 Å². The highest BCUT2D eigenvalue weighted by Gasteiger charge is 2.25. The molecule has 0 spiro atoms. The molecule has 1 saturated heterocycles. The summed E-state index contributed by atoms with van der Waals surface area (Å²) in [6, 6.07) is 1.07. The molecule has 3 heteroatoms. The highest BCUT2D eigenvalue weighted by Crippen LogP contribution is 2.24. The number of hydrogen-bond acceptors (Lipinski definition) is 2. The van der Waals surface area contributed by atoms with E-state index in [4.69, 9.17) is 0 Å². The largest absolute Gasteiger partial charge is 0.352 e. The van der Waals surface area contributed by atoms with E-state index in [0.717, 1.165) is 18.9 Å². The van der Waals surface area contributed by atoms with Crippen molar-refractivity contribution in [2.45, 2.75) is 51.1 Å². The van der Waals surface area contributed by atoms with Crippen molar-refractivity contribution in [1.29, 1.82) is 0 Å². The fourth-order valence-corrected chi connectivity index (χ4v) is 2.57. The van der Waals surface area contributed by atoms with E-state index in [1.54, 1.807) is 0 Å². The van der Waals surface area contributed by atoms with Gasteiger partial charge in [0.15, 0.2) is 0 Å². The van der Waals surface area contributed by atoms with E-state index in [-0.39, 0.29) is 5.91 Å². The second-order valence-corrected chi connectivity index (χ2v) is 4.73. The highest BCUT2D eigenvalue weighted by atomic mass is 16.1. The lowest BCUT2D eigenvalue weighted by Gasteiger charge is -2.19. The van der Waals surface area contributed by atoms with E-state index in [1.165, 1.54) is 19.3 Å². The minimum absolute atomic E-state index is 0.219. The third-order valence-corrected chi connectivity index (χ3v) is 3.57. The van der Waals surface area contributed by atoms with Crippen LogP contribution < -0.4 is 10.6 Å². The third kappa shape index (κ3) is 2.27. The van der Waals surface area contributed by atoms with Crippen molar-refractivity contribution in [2.24, 2.45) is 5.92 Å². The molecule has 0 aromatic heterocycles. The smallest absolute Gasteiger partial charge is 0.220 e. The van der Waals surface area contributed by atoms with Crippen LogP contribution in [0.25, 0.3) is 0 Å². The van der Waals surface area contributed by atoms with Gasteiger partial charge in [0.2, 0.25) is 5.91 Å². The highest BCUT2D eigenvalue weighted by molar-refractivity contribution is 5.78. The average molecular weight is 196 g/mol. The predicted molar refractivity (Wildman–Crippen MR) is 56.0 cm³/mol. The molecule has 2 aliphatic rings. The summed E-state index contributed by atoms with van der Waals surface area (Å²) in [5.74, 6) is 1.03. The zero-order chi connectivity index (χ0) is 9.97. The maximum absolute atomic E-state index is 11.0. The first-order valence-electron chi connectivity index (χ1n) is 5.78. The Balaban J connectivity index is 1.69. The topological polar surface area (TPSA) is 41.1 Å². The summed E-state index contributed by atoms with van der Waals surface area (Å²) in [7, 11) is 0. The Bertz CT molecular complexity index is 217. The van der Waals surface area contributed by atoms with Crippen molar-refractivity contribution in [1.82, 2.24) is 10.6 Å². The lowest BCUT2D eigenvalue weighted by molar-refractivity contribution is -0.119. The van der Waals surface area contributed by atoms with E-state index >= 15 is 0 Å². The monoisotopic (exact) mass is 196 g/mol. The summed E-state index contributed by atoms with van der Waals surface area (Å²) < 4.78 is 0. The maximum atomic E-state index is 11.0. The minimum atomic E-state index is 0.219. The third-order valence-electron chi connectivity index (χ3n) is 3.57. The fraction of sp³-hybridized carbons (Fsp3) is 0.909. The molecule has 1 amide bonds. The van der Waals surface area contributed by atoms with E-state index in [9.17, 15) is 4.79 Å². The number of carbonyl (C=O) groups is 1. The molecule has 0 aromatic carbocycles. The Morgan fingerprint density at radius 1 is 1.43 bits per heavy atom. The Morgan fingerprint density at radius 3 is 2.86 bits per heavy atom. The van der Waals surface area contributed by atoms with Gasteiger partial charge in [-0.15, -0.1) is 0 Å². The van der Waals surface area contributed by atoms with Crippen LogP contribution in [0.15, 0.2) is 0 Å². The van der Waals surface area contributed by atoms with Gasteiger partial charge in [-0.25, -0.2) is 0 Å². The summed E-state index contributed by atoms with van der Waals surface area (Å²) in [5, 5.41) is 6.57. The van der Waals surface area contributed by atoms with Gasteiger partial charge in [0.1, 0.15) is 0 Å². The zero-order valence-corrected chi connectivity index (χ0v) is 8.88. The van der Waals surface area contributed by atoms with Gasteiger partial charge in [-0.05, 0) is 25.2 Å². The summed E-state index contributed by atoms with van der Waals surface area (Å²) in [6.45, 7) is 3.28. The van der Waals surface area contributed by atoms with Gasteiger partial charge < -0.3 is 10.6 Å². The normalized spacial score (nSPS) is 37.5. The van der Waals surface area contributed by atoms with Crippen molar-refractivity contribution >= 4 is 5.91 Å². The molecule has 3 atom stereocenters. The molecule has 0 bridgehead atoms. The lowest BCUT2D eigenvalue weighted by atomic mass is 10.1. The zero-order valence-electron chi connectivity index (χ0n) is 8.88. The molecule has 0 radical (unpaired) electrons. The number of nitrogens with one attached hydrogen (secondary N) is 2. The van der Waals surface area contributed by atoms with E-state index in [1.807, 2.05) is 0 Å². The van der Waals surface area contributed by atoms with Crippen LogP contribution in [0, 0.1) is 5.92 Å². The van der Waals surface area contributed by atoms with Gasteiger partial charge in [0.25, 0.3) is 0 Å². The van der Waals surface area contributed by atoms with Gasteiger partial charge in [-0.1, -0.05) is 13.3 Å². The van der Waals surface area contributed by atoms with Crippen LogP contribution in [0.4, 0.5) is 0 Å². The van der Waals surface area contributed by atoms with E-state index in [2.05, 4.69) is 17.6 Å². The van der Waals surface area contributed by atoms with Crippen LogP contribution in [-0.4, -0.2) is 24.5 Å². The number of amides is 1. The van der Waals surface area contributed by atoms with Crippen LogP contribution >= 0.6 is 0 Å². The van der Waals surface area contributed by atoms with Crippen molar-refractivity contribution < 1.29 is 4.79 Å². The molecular formula is C11H20N2O. The molecule has 3 unspecified atom stereocenters. The first-order valence-corrected chi connectivity index (χ1v) is 5.78.